The number of hydrogen-bond donors (Lipinski definition) is 0. The lowest BCUT2D eigenvalue weighted by molar-refractivity contribution is 0.632. The molecule has 1 aliphatic rings. The van der Waals surface area contributed by atoms with E-state index in [9.17, 15) is 0 Å². The Labute approximate surface area is 418 Å². The van der Waals surface area contributed by atoms with Crippen molar-refractivity contribution in [2.75, 3.05) is 4.90 Å². The highest BCUT2D eigenvalue weighted by molar-refractivity contribution is 6.17. The summed E-state index contributed by atoms with van der Waals surface area (Å²) in [5.74, 6) is 1.72. The number of fused-ring (bicyclic) bond motifs is 11. The van der Waals surface area contributed by atoms with Crippen molar-refractivity contribution in [1.29, 1.82) is 0 Å². The van der Waals surface area contributed by atoms with Crippen molar-refractivity contribution >= 4 is 105 Å². The molecule has 0 atom stereocenters. The van der Waals surface area contributed by atoms with E-state index in [1.54, 1.807) is 0 Å². The standard InChI is InChI=1S/C68H48N4/c1-5-21-42-36-53(48-26-11-9-24-46(48)44(42)6-2)55-39-66(69-60-32-17-13-28-50(55)60)71-62-34-19-15-30-52(62)57-38-59-65(41-64(57)71)72(63-35-20-16-31-58(63)68(59,3)4)67-40-56(51-29-14-18-33-61(51)70-67)54-37-43-22-7-8-23-45(43)47-25-10-12-27-49(47)54/h5-41H,2H2,1,3-4H3/b21-5-. The molecule has 0 fully saturated rings. The zero-order valence-electron chi connectivity index (χ0n) is 40.4. The van der Waals surface area contributed by atoms with Gasteiger partial charge in [0.05, 0.1) is 33.4 Å². The van der Waals surface area contributed by atoms with Gasteiger partial charge >= 0.3 is 0 Å². The van der Waals surface area contributed by atoms with E-state index < -0.39 is 0 Å². The summed E-state index contributed by atoms with van der Waals surface area (Å²) in [7, 11) is 0. The summed E-state index contributed by atoms with van der Waals surface area (Å²) in [5, 5.41) is 11.8. The van der Waals surface area contributed by atoms with Crippen LogP contribution in [0.15, 0.2) is 219 Å². The van der Waals surface area contributed by atoms with E-state index in [0.717, 1.165) is 83.7 Å². The molecule has 0 amide bonds. The molecule has 1 aliphatic heterocycles. The largest absolute Gasteiger partial charge is 0.294 e. The minimum atomic E-state index is -0.342. The maximum Gasteiger partial charge on any atom is 0.138 e. The zero-order chi connectivity index (χ0) is 48.2. The number of aromatic nitrogens is 3. The van der Waals surface area contributed by atoms with E-state index in [-0.39, 0.29) is 5.41 Å². The number of anilines is 3. The Balaban J connectivity index is 1.06. The van der Waals surface area contributed by atoms with Gasteiger partial charge in [0.25, 0.3) is 0 Å². The van der Waals surface area contributed by atoms with Crippen LogP contribution in [-0.2, 0) is 5.41 Å². The number of nitrogens with zero attached hydrogens (tertiary/aromatic N) is 4. The number of hydrogen-bond acceptors (Lipinski definition) is 3. The van der Waals surface area contributed by atoms with Gasteiger partial charge in [0.15, 0.2) is 0 Å². The van der Waals surface area contributed by atoms with Crippen LogP contribution in [0.2, 0.25) is 0 Å². The van der Waals surface area contributed by atoms with Gasteiger partial charge in [-0.3, -0.25) is 9.47 Å². The Bertz CT molecular complexity index is 4470. The SMILES string of the molecule is C=Cc1c(/C=C\C)cc(-c2cc(-n3c4ccccc4c4cc5c(cc43)N(c3cc(-c4cc6ccccc6c6ccccc46)c4ccccc4n3)c3ccccc3C5(C)C)nc3ccccc23)c2ccccc12. The predicted molar refractivity (Wildman–Crippen MR) is 306 cm³/mol. The second-order valence-corrected chi connectivity index (χ2v) is 19.7. The van der Waals surface area contributed by atoms with E-state index in [4.69, 9.17) is 9.97 Å². The fourth-order valence-electron chi connectivity index (χ4n) is 12.1. The van der Waals surface area contributed by atoms with Gasteiger partial charge in [-0.1, -0.05) is 184 Å². The van der Waals surface area contributed by atoms with Gasteiger partial charge in [0, 0.05) is 27.0 Å². The smallest absolute Gasteiger partial charge is 0.138 e. The molecule has 4 nitrogen and oxygen atoms in total. The van der Waals surface area contributed by atoms with Crippen LogP contribution in [0.1, 0.15) is 43.0 Å². The molecule has 3 aromatic heterocycles. The van der Waals surface area contributed by atoms with Crippen molar-refractivity contribution in [3.63, 3.8) is 0 Å². The fraction of sp³-hybridized carbons (Fsp3) is 0.0588. The van der Waals surface area contributed by atoms with Gasteiger partial charge in [0.2, 0.25) is 0 Å². The Morgan fingerprint density at radius 3 is 1.69 bits per heavy atom. The summed E-state index contributed by atoms with van der Waals surface area (Å²) >= 11 is 0. The first kappa shape index (κ1) is 41.8. The van der Waals surface area contributed by atoms with Gasteiger partial charge in [-0.25, -0.2) is 9.97 Å². The first-order valence-electron chi connectivity index (χ1n) is 24.9. The first-order chi connectivity index (χ1) is 35.4. The molecular formula is C68H48N4. The number of allylic oxidation sites excluding steroid dienone is 1. The maximum absolute atomic E-state index is 5.61. The van der Waals surface area contributed by atoms with Crippen LogP contribution in [0.3, 0.4) is 0 Å². The summed E-state index contributed by atoms with van der Waals surface area (Å²) in [6.45, 7) is 11.1. The monoisotopic (exact) mass is 920 g/mol. The third-order valence-corrected chi connectivity index (χ3v) is 15.4. The molecule has 0 aliphatic carbocycles. The second-order valence-electron chi connectivity index (χ2n) is 19.7. The molecule has 0 bridgehead atoms. The molecule has 0 unspecified atom stereocenters. The third-order valence-electron chi connectivity index (χ3n) is 15.4. The molecule has 0 N–H and O–H groups in total. The van der Waals surface area contributed by atoms with Crippen LogP contribution < -0.4 is 4.90 Å². The molecule has 4 heterocycles. The van der Waals surface area contributed by atoms with Gasteiger partial charge < -0.3 is 0 Å². The highest BCUT2D eigenvalue weighted by Crippen LogP contribution is 2.54. The summed E-state index contributed by atoms with van der Waals surface area (Å²) in [4.78, 5) is 13.6. The number of rotatable bonds is 6. The van der Waals surface area contributed by atoms with E-state index in [0.29, 0.717) is 0 Å². The molecule has 0 radical (unpaired) electrons. The van der Waals surface area contributed by atoms with E-state index in [1.807, 2.05) is 6.08 Å². The minimum absolute atomic E-state index is 0.342. The lowest BCUT2D eigenvalue weighted by atomic mass is 9.73. The van der Waals surface area contributed by atoms with Gasteiger partial charge in [-0.05, 0) is 144 Å². The average molecular weight is 921 g/mol. The molecule has 13 aromatic rings. The molecule has 0 spiro atoms. The van der Waals surface area contributed by atoms with Crippen molar-refractivity contribution in [2.24, 2.45) is 0 Å². The zero-order valence-corrected chi connectivity index (χ0v) is 40.4. The van der Waals surface area contributed by atoms with Crippen LogP contribution in [-0.4, -0.2) is 14.5 Å². The van der Waals surface area contributed by atoms with Crippen molar-refractivity contribution < 1.29 is 0 Å². The minimum Gasteiger partial charge on any atom is -0.294 e. The first-order valence-corrected chi connectivity index (χ1v) is 24.9. The molecule has 4 heteroatoms. The van der Waals surface area contributed by atoms with Gasteiger partial charge in [-0.15, -0.1) is 0 Å². The van der Waals surface area contributed by atoms with Crippen molar-refractivity contribution in [3.05, 3.63) is 241 Å². The number of pyridine rings is 2. The predicted octanol–water partition coefficient (Wildman–Crippen LogP) is 18.5. The van der Waals surface area contributed by atoms with Crippen molar-refractivity contribution in [1.82, 2.24) is 14.5 Å². The second kappa shape index (κ2) is 16.0. The average Bonchev–Trinajstić information content (AvgIpc) is 3.75. The van der Waals surface area contributed by atoms with E-state index >= 15 is 0 Å². The quantitative estimate of drug-likeness (QED) is 0.156. The summed E-state index contributed by atoms with van der Waals surface area (Å²) in [6.07, 6.45) is 6.29. The molecule has 10 aromatic carbocycles. The van der Waals surface area contributed by atoms with Crippen LogP contribution in [0.4, 0.5) is 17.2 Å². The molecular weight excluding hydrogens is 873 g/mol. The lowest BCUT2D eigenvalue weighted by Gasteiger charge is -2.41. The molecule has 340 valence electrons. The van der Waals surface area contributed by atoms with Crippen molar-refractivity contribution in [3.8, 4) is 28.1 Å². The van der Waals surface area contributed by atoms with Crippen LogP contribution in [0.25, 0.3) is 116 Å². The molecule has 72 heavy (non-hydrogen) atoms. The van der Waals surface area contributed by atoms with Gasteiger partial charge in [-0.2, -0.15) is 0 Å². The highest BCUT2D eigenvalue weighted by Gasteiger charge is 2.38. The maximum atomic E-state index is 5.61. The Hall–Kier alpha value is -9.12. The summed E-state index contributed by atoms with van der Waals surface area (Å²) in [6, 6.07) is 75.4. The Morgan fingerprint density at radius 2 is 0.972 bits per heavy atom. The van der Waals surface area contributed by atoms with Gasteiger partial charge in [0.1, 0.15) is 11.6 Å². The topological polar surface area (TPSA) is 34.0 Å². The van der Waals surface area contributed by atoms with E-state index in [1.165, 1.54) is 59.8 Å². The molecule has 0 saturated heterocycles. The van der Waals surface area contributed by atoms with E-state index in [2.05, 4.69) is 255 Å². The van der Waals surface area contributed by atoms with Crippen LogP contribution >= 0.6 is 0 Å². The highest BCUT2D eigenvalue weighted by atomic mass is 15.2. The fourth-order valence-corrected chi connectivity index (χ4v) is 12.1. The Morgan fingerprint density at radius 1 is 0.431 bits per heavy atom. The lowest BCUT2D eigenvalue weighted by Crippen LogP contribution is -2.31. The Kier molecular flexibility index (Phi) is 9.27. The van der Waals surface area contributed by atoms with Crippen LogP contribution in [0, 0.1) is 0 Å². The number of para-hydroxylation sites is 4. The molecule has 14 rings (SSSR count). The summed E-state index contributed by atoms with van der Waals surface area (Å²) in [5.41, 5.74) is 15.3. The number of benzene rings is 10. The summed E-state index contributed by atoms with van der Waals surface area (Å²) < 4.78 is 2.39. The normalized spacial score (nSPS) is 13.3. The molecule has 0 saturated carbocycles. The third kappa shape index (κ3) is 6.12. The van der Waals surface area contributed by atoms with Crippen LogP contribution in [0.5, 0.6) is 0 Å². The van der Waals surface area contributed by atoms with Crippen molar-refractivity contribution in [2.45, 2.75) is 26.2 Å².